The van der Waals surface area contributed by atoms with Gasteiger partial charge in [0.15, 0.2) is 14.4 Å². The van der Waals surface area contributed by atoms with Crippen LogP contribution in [-0.4, -0.2) is 14.4 Å². The third-order valence-electron chi connectivity index (χ3n) is 3.07. The van der Waals surface area contributed by atoms with Gasteiger partial charge in [-0.3, -0.25) is 0 Å². The van der Waals surface area contributed by atoms with Crippen molar-refractivity contribution < 1.29 is 4.43 Å². The molecule has 0 heterocycles. The van der Waals surface area contributed by atoms with E-state index in [0.717, 1.165) is 19.3 Å². The summed E-state index contributed by atoms with van der Waals surface area (Å²) in [7, 11) is -1.64. The number of nitrogens with zero attached hydrogens (tertiary/aromatic N) is 1. The van der Waals surface area contributed by atoms with Gasteiger partial charge in [0.05, 0.1) is 6.07 Å². The Morgan fingerprint density at radius 3 is 2.59 bits per heavy atom. The summed E-state index contributed by atoms with van der Waals surface area (Å²) in [6, 6.07) is 2.29. The molecule has 3 heteroatoms. The molecule has 17 heavy (non-hydrogen) atoms. The van der Waals surface area contributed by atoms with Gasteiger partial charge in [-0.1, -0.05) is 18.2 Å². The number of hydrogen-bond acceptors (Lipinski definition) is 2. The van der Waals surface area contributed by atoms with E-state index in [4.69, 9.17) is 4.43 Å². The highest BCUT2D eigenvalue weighted by atomic mass is 28.4. The minimum Gasteiger partial charge on any atom is -0.399 e. The maximum atomic E-state index is 9.21. The molecule has 0 radical (unpaired) electrons. The molecule has 1 aliphatic rings. The van der Waals surface area contributed by atoms with E-state index in [0.29, 0.717) is 5.92 Å². The Hall–Kier alpha value is -0.853. The monoisotopic (exact) mass is 249 g/mol. The van der Waals surface area contributed by atoms with Crippen LogP contribution >= 0.6 is 0 Å². The summed E-state index contributed by atoms with van der Waals surface area (Å²) >= 11 is 0. The zero-order valence-electron chi connectivity index (χ0n) is 11.4. The lowest BCUT2D eigenvalue weighted by molar-refractivity contribution is 0.273. The molecule has 0 aromatic heterocycles. The van der Waals surface area contributed by atoms with Crippen molar-refractivity contribution in [1.82, 2.24) is 0 Å². The molecule has 2 atom stereocenters. The van der Waals surface area contributed by atoms with Crippen LogP contribution in [0.2, 0.25) is 19.6 Å². The lowest BCUT2D eigenvalue weighted by Gasteiger charge is -2.28. The van der Waals surface area contributed by atoms with Crippen LogP contribution in [0.15, 0.2) is 23.8 Å². The summed E-state index contributed by atoms with van der Waals surface area (Å²) in [6.07, 6.45) is 4.95. The molecule has 0 aliphatic heterocycles. The normalized spacial score (nSPS) is 22.5. The second kappa shape index (κ2) is 5.66. The van der Waals surface area contributed by atoms with Gasteiger partial charge in [0.25, 0.3) is 0 Å². The van der Waals surface area contributed by atoms with Gasteiger partial charge in [0, 0.05) is 0 Å². The fourth-order valence-electron chi connectivity index (χ4n) is 2.08. The first-order valence-electron chi connectivity index (χ1n) is 6.25. The third kappa shape index (κ3) is 4.49. The summed E-state index contributed by atoms with van der Waals surface area (Å²) in [4.78, 5) is 0. The van der Waals surface area contributed by atoms with Crippen molar-refractivity contribution in [3.63, 3.8) is 0 Å². The highest BCUT2D eigenvalue weighted by Gasteiger charge is 2.26. The Morgan fingerprint density at radius 1 is 1.59 bits per heavy atom. The minimum atomic E-state index is -1.64. The third-order valence-corrected chi connectivity index (χ3v) is 4.01. The lowest BCUT2D eigenvalue weighted by atomic mass is 9.84. The molecule has 0 saturated heterocycles. The second-order valence-corrected chi connectivity index (χ2v) is 10.3. The molecule has 94 valence electrons. The SMILES string of the molecule is C=C(C)[C@H]1CC=C(C(C#N)O[Si](C)(C)C)CC1. The number of allylic oxidation sites excluding steroid dienone is 2. The zero-order valence-corrected chi connectivity index (χ0v) is 12.4. The van der Waals surface area contributed by atoms with Crippen molar-refractivity contribution in [2.45, 2.75) is 51.9 Å². The smallest absolute Gasteiger partial charge is 0.185 e. The summed E-state index contributed by atoms with van der Waals surface area (Å²) in [5.41, 5.74) is 2.42. The van der Waals surface area contributed by atoms with Crippen molar-refractivity contribution in [3.8, 4) is 6.07 Å². The van der Waals surface area contributed by atoms with Crippen LogP contribution < -0.4 is 0 Å². The Morgan fingerprint density at radius 2 is 2.24 bits per heavy atom. The van der Waals surface area contributed by atoms with Crippen LogP contribution in [-0.2, 0) is 4.43 Å². The van der Waals surface area contributed by atoms with Gasteiger partial charge in [-0.05, 0) is 57.3 Å². The molecule has 0 saturated carbocycles. The molecule has 0 aromatic rings. The highest BCUT2D eigenvalue weighted by Crippen LogP contribution is 2.31. The Balaban J connectivity index is 2.67. The molecule has 0 aromatic carbocycles. The standard InChI is InChI=1S/C14H23NOSi/c1-11(2)12-6-8-13(9-7-12)14(10-15)16-17(3,4)5/h8,12,14H,1,6-7,9H2,2-5H3/t12-,14?/m0/s1. The van der Waals surface area contributed by atoms with Crippen LogP contribution in [0, 0.1) is 17.2 Å². The van der Waals surface area contributed by atoms with E-state index in [1.165, 1.54) is 11.1 Å². The summed E-state index contributed by atoms with van der Waals surface area (Å²) in [6.45, 7) is 12.5. The first-order valence-corrected chi connectivity index (χ1v) is 9.66. The summed E-state index contributed by atoms with van der Waals surface area (Å²) < 4.78 is 5.91. The van der Waals surface area contributed by atoms with Crippen LogP contribution in [0.5, 0.6) is 0 Å². The highest BCUT2D eigenvalue weighted by molar-refractivity contribution is 6.69. The lowest BCUT2D eigenvalue weighted by Crippen LogP contribution is -2.33. The molecule has 0 bridgehead atoms. The molecule has 1 rings (SSSR count). The molecule has 0 amide bonds. The molecule has 1 unspecified atom stereocenters. The van der Waals surface area contributed by atoms with Crippen molar-refractivity contribution in [1.29, 1.82) is 5.26 Å². The van der Waals surface area contributed by atoms with Crippen LogP contribution in [0.25, 0.3) is 0 Å². The van der Waals surface area contributed by atoms with Gasteiger partial charge in [-0.15, -0.1) is 0 Å². The predicted molar refractivity (Wildman–Crippen MR) is 74.1 cm³/mol. The average Bonchev–Trinajstić information content (AvgIpc) is 2.25. The Labute approximate surface area is 106 Å². The fourth-order valence-corrected chi connectivity index (χ4v) is 2.99. The van der Waals surface area contributed by atoms with E-state index in [-0.39, 0.29) is 6.10 Å². The van der Waals surface area contributed by atoms with E-state index in [1.54, 1.807) is 0 Å². The molecule has 2 nitrogen and oxygen atoms in total. The Kier molecular flexibility index (Phi) is 4.73. The van der Waals surface area contributed by atoms with Crippen molar-refractivity contribution in [3.05, 3.63) is 23.8 Å². The summed E-state index contributed by atoms with van der Waals surface area (Å²) in [5.74, 6) is 0.588. The van der Waals surface area contributed by atoms with E-state index in [2.05, 4.69) is 45.3 Å². The predicted octanol–water partition coefficient (Wildman–Crippen LogP) is 4.03. The second-order valence-electron chi connectivity index (χ2n) is 5.84. The molecule has 0 N–H and O–H groups in total. The minimum absolute atomic E-state index is 0.326. The average molecular weight is 249 g/mol. The van der Waals surface area contributed by atoms with Crippen molar-refractivity contribution >= 4 is 8.32 Å². The molecule has 1 aliphatic carbocycles. The number of hydrogen-bond donors (Lipinski definition) is 0. The fraction of sp³-hybridized carbons (Fsp3) is 0.643. The zero-order chi connectivity index (χ0) is 13.1. The number of nitriles is 1. The molecule has 0 spiro atoms. The van der Waals surface area contributed by atoms with Gasteiger partial charge in [0.1, 0.15) is 0 Å². The van der Waals surface area contributed by atoms with Gasteiger partial charge in [0.2, 0.25) is 0 Å². The topological polar surface area (TPSA) is 33.0 Å². The maximum Gasteiger partial charge on any atom is 0.185 e. The van der Waals surface area contributed by atoms with Crippen LogP contribution in [0.1, 0.15) is 26.2 Å². The van der Waals surface area contributed by atoms with Crippen LogP contribution in [0.4, 0.5) is 0 Å². The summed E-state index contributed by atoms with van der Waals surface area (Å²) in [5, 5.41) is 9.21. The van der Waals surface area contributed by atoms with E-state index >= 15 is 0 Å². The van der Waals surface area contributed by atoms with Crippen molar-refractivity contribution in [2.24, 2.45) is 5.92 Å². The van der Waals surface area contributed by atoms with E-state index in [1.807, 2.05) is 0 Å². The molecule has 0 fully saturated rings. The maximum absolute atomic E-state index is 9.21. The molecular weight excluding hydrogens is 226 g/mol. The van der Waals surface area contributed by atoms with Gasteiger partial charge in [-0.25, -0.2) is 0 Å². The van der Waals surface area contributed by atoms with Gasteiger partial charge < -0.3 is 4.43 Å². The first kappa shape index (κ1) is 14.2. The Bertz CT molecular complexity index is 359. The van der Waals surface area contributed by atoms with E-state index in [9.17, 15) is 5.26 Å². The van der Waals surface area contributed by atoms with Crippen LogP contribution in [0.3, 0.4) is 0 Å². The van der Waals surface area contributed by atoms with E-state index < -0.39 is 8.32 Å². The number of rotatable bonds is 4. The van der Waals surface area contributed by atoms with Gasteiger partial charge in [-0.2, -0.15) is 5.26 Å². The van der Waals surface area contributed by atoms with Gasteiger partial charge >= 0.3 is 0 Å². The van der Waals surface area contributed by atoms with Crippen molar-refractivity contribution in [2.75, 3.05) is 0 Å². The quantitative estimate of drug-likeness (QED) is 0.556. The largest absolute Gasteiger partial charge is 0.399 e. The first-order chi connectivity index (χ1) is 7.83. The molecular formula is C14H23NOSi.